The third-order valence-corrected chi connectivity index (χ3v) is 6.44. The third-order valence-electron chi connectivity index (χ3n) is 5.14. The van der Waals surface area contributed by atoms with E-state index < -0.39 is 9.85 Å². The second kappa shape index (κ2) is 10.5. The Balaban J connectivity index is 1.53. The average molecular weight is 524 g/mol. The maximum Gasteiger partial charge on any atom is 0.270 e. The summed E-state index contributed by atoms with van der Waals surface area (Å²) in [6.45, 7) is 0.153. The Morgan fingerprint density at radius 3 is 2.14 bits per heavy atom. The van der Waals surface area contributed by atoms with E-state index in [0.29, 0.717) is 32.0 Å². The molecule has 1 fully saturated rings. The van der Waals surface area contributed by atoms with Crippen LogP contribution in [0.5, 0.6) is 11.5 Å². The number of ether oxygens (including phenoxy) is 2. The fourth-order valence-corrected chi connectivity index (χ4v) is 4.63. The van der Waals surface area contributed by atoms with Crippen molar-refractivity contribution in [2.75, 3.05) is 12.0 Å². The summed E-state index contributed by atoms with van der Waals surface area (Å²) in [5.74, 6) is 0.561. The van der Waals surface area contributed by atoms with Gasteiger partial charge in [-0.15, -0.1) is 0 Å². The van der Waals surface area contributed by atoms with Crippen molar-refractivity contribution in [2.24, 2.45) is 0 Å². The zero-order valence-electron chi connectivity index (χ0n) is 18.7. The summed E-state index contributed by atoms with van der Waals surface area (Å²) in [6.07, 6.45) is 1.67. The number of nitrogens with zero attached hydrogens (tertiary/aromatic N) is 3. The SMILES string of the molecule is COc1ccc(/C=C2/SC(=S)N(c3ccc([N+](=O)[O-])cc3)C2=O)cc1OCc1ccc([N+](=O)[O-])cc1. The molecule has 0 atom stereocenters. The second-order valence-corrected chi connectivity index (χ2v) is 9.09. The molecule has 4 rings (SSSR count). The second-order valence-electron chi connectivity index (χ2n) is 7.41. The van der Waals surface area contributed by atoms with Crippen LogP contribution in [0.15, 0.2) is 71.6 Å². The van der Waals surface area contributed by atoms with E-state index >= 15 is 0 Å². The minimum atomic E-state index is -0.515. The molecule has 0 spiro atoms. The lowest BCUT2D eigenvalue weighted by atomic mass is 10.1. The normalized spacial score (nSPS) is 14.2. The number of hydrogen-bond donors (Lipinski definition) is 0. The molecule has 3 aromatic rings. The van der Waals surface area contributed by atoms with Gasteiger partial charge in [0.15, 0.2) is 15.8 Å². The highest BCUT2D eigenvalue weighted by atomic mass is 32.2. The van der Waals surface area contributed by atoms with Gasteiger partial charge >= 0.3 is 0 Å². The molecule has 0 aromatic heterocycles. The van der Waals surface area contributed by atoms with Crippen molar-refractivity contribution >= 4 is 57.3 Å². The average Bonchev–Trinajstić information content (AvgIpc) is 3.15. The molecule has 0 unspecified atom stereocenters. The van der Waals surface area contributed by atoms with Gasteiger partial charge in [-0.25, -0.2) is 0 Å². The molecule has 3 aromatic carbocycles. The Hall–Kier alpha value is -4.29. The number of anilines is 1. The topological polar surface area (TPSA) is 125 Å². The number of thiocarbonyl (C=S) groups is 1. The van der Waals surface area contributed by atoms with E-state index in [0.717, 1.165) is 17.3 Å². The fourth-order valence-electron chi connectivity index (χ4n) is 3.34. The maximum atomic E-state index is 13.0. The Kier molecular flexibility index (Phi) is 7.27. The van der Waals surface area contributed by atoms with E-state index in [1.165, 1.54) is 48.4 Å². The molecule has 1 heterocycles. The van der Waals surface area contributed by atoms with Gasteiger partial charge in [0.2, 0.25) is 0 Å². The van der Waals surface area contributed by atoms with Gasteiger partial charge in [0.25, 0.3) is 17.3 Å². The van der Waals surface area contributed by atoms with E-state index in [1.54, 1.807) is 36.4 Å². The predicted molar refractivity (Wildman–Crippen MR) is 139 cm³/mol. The van der Waals surface area contributed by atoms with Crippen LogP contribution in [0.3, 0.4) is 0 Å². The van der Waals surface area contributed by atoms with Crippen molar-refractivity contribution in [1.29, 1.82) is 0 Å². The highest BCUT2D eigenvalue weighted by molar-refractivity contribution is 8.27. The summed E-state index contributed by atoms with van der Waals surface area (Å²) >= 11 is 6.49. The third kappa shape index (κ3) is 5.34. The first-order chi connectivity index (χ1) is 17.3. The van der Waals surface area contributed by atoms with Gasteiger partial charge in [0.1, 0.15) is 6.61 Å². The highest BCUT2D eigenvalue weighted by Gasteiger charge is 2.33. The van der Waals surface area contributed by atoms with E-state index in [4.69, 9.17) is 21.7 Å². The predicted octanol–water partition coefficient (Wildman–Crippen LogP) is 5.50. The number of nitro groups is 2. The molecule has 0 aliphatic carbocycles. The molecule has 182 valence electrons. The summed E-state index contributed by atoms with van der Waals surface area (Å²) in [5, 5.41) is 21.7. The fraction of sp³-hybridized carbons (Fsp3) is 0.0833. The van der Waals surface area contributed by atoms with Crippen LogP contribution in [0, 0.1) is 20.2 Å². The van der Waals surface area contributed by atoms with Crippen LogP contribution in [-0.4, -0.2) is 27.2 Å². The molecular weight excluding hydrogens is 506 g/mol. The number of hydrogen-bond acceptors (Lipinski definition) is 9. The van der Waals surface area contributed by atoms with Gasteiger partial charge in [-0.3, -0.25) is 29.9 Å². The molecule has 0 radical (unpaired) electrons. The Morgan fingerprint density at radius 1 is 0.944 bits per heavy atom. The summed E-state index contributed by atoms with van der Waals surface area (Å²) in [5.41, 5.74) is 1.74. The quantitative estimate of drug-likeness (QED) is 0.163. The van der Waals surface area contributed by atoms with E-state index in [2.05, 4.69) is 0 Å². The lowest BCUT2D eigenvalue weighted by Crippen LogP contribution is -2.27. The molecule has 1 amide bonds. The number of benzene rings is 3. The zero-order valence-corrected chi connectivity index (χ0v) is 20.3. The monoisotopic (exact) mass is 523 g/mol. The minimum absolute atomic E-state index is 0.00984. The van der Waals surface area contributed by atoms with Crippen LogP contribution in [-0.2, 0) is 11.4 Å². The van der Waals surface area contributed by atoms with Crippen LogP contribution < -0.4 is 14.4 Å². The van der Waals surface area contributed by atoms with Gasteiger partial charge < -0.3 is 9.47 Å². The van der Waals surface area contributed by atoms with E-state index in [-0.39, 0.29) is 23.9 Å². The zero-order chi connectivity index (χ0) is 25.8. The van der Waals surface area contributed by atoms with Crippen molar-refractivity contribution in [1.82, 2.24) is 0 Å². The number of amides is 1. The summed E-state index contributed by atoms with van der Waals surface area (Å²) in [6, 6.07) is 16.8. The van der Waals surface area contributed by atoms with Crippen LogP contribution in [0.1, 0.15) is 11.1 Å². The van der Waals surface area contributed by atoms with Crippen molar-refractivity contribution < 1.29 is 24.1 Å². The number of carbonyl (C=O) groups excluding carboxylic acids is 1. The Labute approximate surface area is 214 Å². The van der Waals surface area contributed by atoms with Gasteiger partial charge in [-0.2, -0.15) is 0 Å². The number of carbonyl (C=O) groups is 1. The van der Waals surface area contributed by atoms with Gasteiger partial charge in [-0.05, 0) is 53.6 Å². The van der Waals surface area contributed by atoms with Crippen molar-refractivity contribution in [3.63, 3.8) is 0 Å². The largest absolute Gasteiger partial charge is 0.493 e. The Morgan fingerprint density at radius 2 is 1.56 bits per heavy atom. The number of thioether (sulfide) groups is 1. The van der Waals surface area contributed by atoms with Gasteiger partial charge in [0.05, 0.1) is 27.5 Å². The molecule has 0 bridgehead atoms. The first kappa shape index (κ1) is 24.8. The number of nitro benzene ring substituents is 2. The van der Waals surface area contributed by atoms with Crippen molar-refractivity contribution in [3.05, 3.63) is 103 Å². The lowest BCUT2D eigenvalue weighted by molar-refractivity contribution is -0.385. The summed E-state index contributed by atoms with van der Waals surface area (Å²) in [4.78, 5) is 35.5. The summed E-state index contributed by atoms with van der Waals surface area (Å²) < 4.78 is 11.6. The number of methoxy groups -OCH3 is 1. The van der Waals surface area contributed by atoms with Crippen LogP contribution in [0.2, 0.25) is 0 Å². The molecular formula is C24H17N3O7S2. The van der Waals surface area contributed by atoms with Crippen LogP contribution >= 0.6 is 24.0 Å². The van der Waals surface area contributed by atoms with E-state index in [9.17, 15) is 25.0 Å². The smallest absolute Gasteiger partial charge is 0.270 e. The van der Waals surface area contributed by atoms with Crippen molar-refractivity contribution in [3.8, 4) is 11.5 Å². The number of non-ortho nitro benzene ring substituents is 2. The van der Waals surface area contributed by atoms with Gasteiger partial charge in [-0.1, -0.05) is 30.0 Å². The first-order valence-electron chi connectivity index (χ1n) is 10.3. The molecule has 1 aliphatic rings. The maximum absolute atomic E-state index is 13.0. The van der Waals surface area contributed by atoms with Crippen LogP contribution in [0.25, 0.3) is 6.08 Å². The Bertz CT molecular complexity index is 1390. The molecule has 1 saturated heterocycles. The minimum Gasteiger partial charge on any atom is -0.493 e. The molecule has 1 aliphatic heterocycles. The van der Waals surface area contributed by atoms with Crippen molar-refractivity contribution in [2.45, 2.75) is 6.61 Å². The van der Waals surface area contributed by atoms with Gasteiger partial charge in [0, 0.05) is 24.3 Å². The first-order valence-corrected chi connectivity index (χ1v) is 11.6. The molecule has 10 nitrogen and oxygen atoms in total. The molecule has 0 N–H and O–H groups in total. The molecule has 12 heteroatoms. The van der Waals surface area contributed by atoms with Crippen LogP contribution in [0.4, 0.5) is 17.1 Å². The molecule has 0 saturated carbocycles. The number of rotatable bonds is 8. The standard InChI is InChI=1S/C24H17N3O7S2/c1-33-20-11-4-16(12-21(20)34-14-15-2-5-18(6-3-15)26(29)30)13-22-23(28)25(24(35)36-22)17-7-9-19(10-8-17)27(31)32/h2-13H,14H2,1H3/b22-13+. The highest BCUT2D eigenvalue weighted by Crippen LogP contribution is 2.37. The summed E-state index contributed by atoms with van der Waals surface area (Å²) in [7, 11) is 1.50. The van der Waals surface area contributed by atoms with E-state index in [1.807, 2.05) is 0 Å². The lowest BCUT2D eigenvalue weighted by Gasteiger charge is -2.14. The molecule has 36 heavy (non-hydrogen) atoms.